The zero-order valence-corrected chi connectivity index (χ0v) is 8.14. The molecule has 1 fully saturated rings. The van der Waals surface area contributed by atoms with Crippen LogP contribution in [0.5, 0.6) is 0 Å². The molecule has 0 amide bonds. The fourth-order valence-electron chi connectivity index (χ4n) is 1.48. The summed E-state index contributed by atoms with van der Waals surface area (Å²) in [5.41, 5.74) is 5.69. The minimum Gasteiger partial charge on any atom is -0.388 e. The number of methoxy groups -OCH3 is 2. The van der Waals surface area contributed by atoms with Gasteiger partial charge in [0.05, 0.1) is 12.1 Å². The lowest BCUT2D eigenvalue weighted by atomic mass is 9.98. The molecule has 5 heteroatoms. The van der Waals surface area contributed by atoms with Gasteiger partial charge in [0.1, 0.15) is 12.2 Å². The molecule has 0 bridgehead atoms. The second-order valence-corrected chi connectivity index (χ2v) is 3.21. The summed E-state index contributed by atoms with van der Waals surface area (Å²) in [6.07, 6.45) is -2.05. The molecular formula is C8H17NO4. The summed E-state index contributed by atoms with van der Waals surface area (Å²) in [5, 5.41) is 9.70. The van der Waals surface area contributed by atoms with Crippen LogP contribution >= 0.6 is 0 Å². The monoisotopic (exact) mass is 191 g/mol. The number of ether oxygens (including phenoxy) is 3. The average molecular weight is 191 g/mol. The van der Waals surface area contributed by atoms with Crippen molar-refractivity contribution in [1.82, 2.24) is 0 Å². The number of nitrogens with two attached hydrogens (primary N) is 1. The lowest BCUT2D eigenvalue weighted by molar-refractivity contribution is -0.266. The van der Waals surface area contributed by atoms with Gasteiger partial charge < -0.3 is 25.1 Å². The van der Waals surface area contributed by atoms with Gasteiger partial charge in [-0.3, -0.25) is 0 Å². The molecule has 0 aliphatic carbocycles. The van der Waals surface area contributed by atoms with Crippen molar-refractivity contribution < 1.29 is 19.3 Å². The first kappa shape index (κ1) is 10.9. The van der Waals surface area contributed by atoms with E-state index in [0.717, 1.165) is 0 Å². The maximum Gasteiger partial charge on any atom is 0.186 e. The number of aliphatic hydroxyl groups excluding tert-OH is 1. The molecule has 1 aliphatic rings. The zero-order chi connectivity index (χ0) is 10.0. The van der Waals surface area contributed by atoms with Crippen LogP contribution in [0.15, 0.2) is 0 Å². The molecule has 0 unspecified atom stereocenters. The Balaban J connectivity index is 2.69. The van der Waals surface area contributed by atoms with Crippen molar-refractivity contribution in [2.24, 2.45) is 5.73 Å². The topological polar surface area (TPSA) is 73.9 Å². The van der Waals surface area contributed by atoms with E-state index in [1.165, 1.54) is 14.2 Å². The summed E-state index contributed by atoms with van der Waals surface area (Å²) in [5.74, 6) is 0. The molecule has 1 rings (SSSR count). The summed E-state index contributed by atoms with van der Waals surface area (Å²) in [6.45, 7) is 1.80. The Hall–Kier alpha value is -0.200. The van der Waals surface area contributed by atoms with E-state index in [4.69, 9.17) is 19.9 Å². The Kier molecular flexibility index (Phi) is 3.63. The van der Waals surface area contributed by atoms with Gasteiger partial charge in [-0.1, -0.05) is 0 Å². The highest BCUT2D eigenvalue weighted by Gasteiger charge is 2.42. The summed E-state index contributed by atoms with van der Waals surface area (Å²) in [6, 6.07) is -0.434. The van der Waals surface area contributed by atoms with Crippen LogP contribution in [-0.2, 0) is 14.2 Å². The predicted molar refractivity (Wildman–Crippen MR) is 46.1 cm³/mol. The van der Waals surface area contributed by atoms with E-state index in [1.54, 1.807) is 6.92 Å². The van der Waals surface area contributed by atoms with Gasteiger partial charge in [-0.25, -0.2) is 0 Å². The standard InChI is InChI=1S/C8H17NO4/c1-4-5(9)6(10)7(11-2)8(12-3)13-4/h4-8,10H,9H2,1-3H3/t4-,5-,6+,7+,8+/m1/s1. The van der Waals surface area contributed by atoms with E-state index in [2.05, 4.69) is 0 Å². The van der Waals surface area contributed by atoms with Crippen LogP contribution in [0.1, 0.15) is 6.92 Å². The highest BCUT2D eigenvalue weighted by atomic mass is 16.7. The lowest BCUT2D eigenvalue weighted by Gasteiger charge is -2.40. The van der Waals surface area contributed by atoms with Gasteiger partial charge >= 0.3 is 0 Å². The van der Waals surface area contributed by atoms with Gasteiger partial charge in [0, 0.05) is 14.2 Å². The molecule has 5 atom stereocenters. The highest BCUT2D eigenvalue weighted by Crippen LogP contribution is 2.21. The molecule has 78 valence electrons. The SMILES string of the molecule is CO[C@H]1O[C@H](C)[C@@H](N)[C@H](O)[C@@H]1OC. The van der Waals surface area contributed by atoms with Crippen molar-refractivity contribution in [3.63, 3.8) is 0 Å². The molecule has 0 aromatic carbocycles. The molecule has 0 radical (unpaired) electrons. The fraction of sp³-hybridized carbons (Fsp3) is 1.00. The smallest absolute Gasteiger partial charge is 0.186 e. The van der Waals surface area contributed by atoms with Gasteiger partial charge in [-0.15, -0.1) is 0 Å². The minimum absolute atomic E-state index is 0.230. The van der Waals surface area contributed by atoms with Gasteiger partial charge in [0.2, 0.25) is 0 Å². The van der Waals surface area contributed by atoms with Crippen molar-refractivity contribution in [3.05, 3.63) is 0 Å². The second kappa shape index (κ2) is 4.34. The van der Waals surface area contributed by atoms with E-state index in [-0.39, 0.29) is 6.10 Å². The molecular weight excluding hydrogens is 174 g/mol. The van der Waals surface area contributed by atoms with Crippen molar-refractivity contribution in [1.29, 1.82) is 0 Å². The molecule has 1 aliphatic heterocycles. The lowest BCUT2D eigenvalue weighted by Crippen LogP contribution is -2.61. The zero-order valence-electron chi connectivity index (χ0n) is 8.14. The summed E-state index contributed by atoms with van der Waals surface area (Å²) >= 11 is 0. The van der Waals surface area contributed by atoms with Gasteiger partial charge in [0.15, 0.2) is 6.29 Å². The summed E-state index contributed by atoms with van der Waals surface area (Å²) in [4.78, 5) is 0. The van der Waals surface area contributed by atoms with Gasteiger partial charge in [-0.05, 0) is 6.92 Å². The fourth-order valence-corrected chi connectivity index (χ4v) is 1.48. The Bertz CT molecular complexity index is 164. The Labute approximate surface area is 77.8 Å². The third kappa shape index (κ3) is 2.00. The predicted octanol–water partition coefficient (Wildman–Crippen LogP) is -0.919. The molecule has 0 aromatic heterocycles. The molecule has 13 heavy (non-hydrogen) atoms. The molecule has 0 aromatic rings. The molecule has 1 saturated heterocycles. The van der Waals surface area contributed by atoms with Gasteiger partial charge in [0.25, 0.3) is 0 Å². The molecule has 1 heterocycles. The first-order valence-electron chi connectivity index (χ1n) is 4.26. The molecule has 0 spiro atoms. The van der Waals surface area contributed by atoms with Crippen LogP contribution in [0.4, 0.5) is 0 Å². The molecule has 3 N–H and O–H groups in total. The van der Waals surface area contributed by atoms with Crippen LogP contribution in [-0.4, -0.2) is 50.0 Å². The van der Waals surface area contributed by atoms with Crippen molar-refractivity contribution in [2.75, 3.05) is 14.2 Å². The number of rotatable bonds is 2. The van der Waals surface area contributed by atoms with Crippen LogP contribution in [0.25, 0.3) is 0 Å². The largest absolute Gasteiger partial charge is 0.388 e. The quantitative estimate of drug-likeness (QED) is 0.590. The van der Waals surface area contributed by atoms with E-state index >= 15 is 0 Å². The van der Waals surface area contributed by atoms with E-state index in [0.29, 0.717) is 0 Å². The Morgan fingerprint density at radius 3 is 2.38 bits per heavy atom. The van der Waals surface area contributed by atoms with Crippen LogP contribution < -0.4 is 5.73 Å². The highest BCUT2D eigenvalue weighted by molar-refractivity contribution is 4.90. The van der Waals surface area contributed by atoms with Crippen molar-refractivity contribution in [2.45, 2.75) is 37.6 Å². The normalized spacial score (nSPS) is 46.4. The van der Waals surface area contributed by atoms with Gasteiger partial charge in [-0.2, -0.15) is 0 Å². The Morgan fingerprint density at radius 2 is 1.92 bits per heavy atom. The van der Waals surface area contributed by atoms with Crippen LogP contribution in [0, 0.1) is 0 Å². The van der Waals surface area contributed by atoms with E-state index in [9.17, 15) is 5.11 Å². The molecule has 0 saturated carbocycles. The maximum absolute atomic E-state index is 9.70. The third-order valence-corrected chi connectivity index (χ3v) is 2.39. The number of aliphatic hydroxyl groups is 1. The first-order chi connectivity index (χ1) is 6.11. The third-order valence-electron chi connectivity index (χ3n) is 2.39. The molecule has 5 nitrogen and oxygen atoms in total. The van der Waals surface area contributed by atoms with Crippen LogP contribution in [0.3, 0.4) is 0 Å². The van der Waals surface area contributed by atoms with E-state index < -0.39 is 24.5 Å². The Morgan fingerprint density at radius 1 is 1.31 bits per heavy atom. The number of hydrogen-bond acceptors (Lipinski definition) is 5. The summed E-state index contributed by atoms with van der Waals surface area (Å²) < 4.78 is 15.5. The van der Waals surface area contributed by atoms with Crippen LogP contribution in [0.2, 0.25) is 0 Å². The second-order valence-electron chi connectivity index (χ2n) is 3.21. The summed E-state index contributed by atoms with van der Waals surface area (Å²) in [7, 11) is 3.00. The minimum atomic E-state index is -0.751. The first-order valence-corrected chi connectivity index (χ1v) is 4.26. The maximum atomic E-state index is 9.70. The number of hydrogen-bond donors (Lipinski definition) is 2. The van der Waals surface area contributed by atoms with Crippen molar-refractivity contribution in [3.8, 4) is 0 Å². The average Bonchev–Trinajstić information content (AvgIpc) is 2.13. The van der Waals surface area contributed by atoms with E-state index in [1.807, 2.05) is 0 Å². The van der Waals surface area contributed by atoms with Crippen molar-refractivity contribution >= 4 is 0 Å².